The quantitative estimate of drug-likeness (QED) is 0.876. The Hall–Kier alpha value is -2.41. The van der Waals surface area contributed by atoms with Crippen LogP contribution in [-0.2, 0) is 14.3 Å². The largest absolute Gasteiger partial charge is 0.451 e. The Labute approximate surface area is 131 Å². The number of carbonyl (C=O) groups is 3. The first-order valence-electron chi connectivity index (χ1n) is 6.64. The number of thiophene rings is 1. The van der Waals surface area contributed by atoms with E-state index in [1.165, 1.54) is 11.3 Å². The summed E-state index contributed by atoms with van der Waals surface area (Å²) in [5.41, 5.74) is 0.816. The van der Waals surface area contributed by atoms with Crippen molar-refractivity contribution in [2.75, 3.05) is 13.2 Å². The highest BCUT2D eigenvalue weighted by atomic mass is 32.1. The van der Waals surface area contributed by atoms with Crippen molar-refractivity contribution in [2.45, 2.75) is 13.8 Å². The van der Waals surface area contributed by atoms with Crippen molar-refractivity contribution in [2.24, 2.45) is 0 Å². The molecule has 1 aromatic carbocycles. The van der Waals surface area contributed by atoms with Gasteiger partial charge in [0.1, 0.15) is 4.88 Å². The lowest BCUT2D eigenvalue weighted by Crippen LogP contribution is -2.34. The zero-order valence-corrected chi connectivity index (χ0v) is 13.0. The number of hydrogen-bond donors (Lipinski definition) is 1. The van der Waals surface area contributed by atoms with Crippen molar-refractivity contribution in [3.8, 4) is 0 Å². The van der Waals surface area contributed by atoms with Gasteiger partial charge in [-0.2, -0.15) is 0 Å². The van der Waals surface area contributed by atoms with Gasteiger partial charge >= 0.3 is 12.1 Å². The number of aryl methyl sites for hydroxylation is 1. The summed E-state index contributed by atoms with van der Waals surface area (Å²) >= 11 is 1.31. The lowest BCUT2D eigenvalue weighted by atomic mass is 10.1. The highest BCUT2D eigenvalue weighted by molar-refractivity contribution is 7.21. The molecule has 1 aromatic heterocycles. The standard InChI is InChI=1S/C15H15NO5S/c1-3-20-15(19)16-12(17)8-21-14(18)13-9(2)10-6-4-5-7-11(10)22-13/h4-7H,3,8H2,1-2H3,(H,16,17,19). The van der Waals surface area contributed by atoms with Gasteiger partial charge in [-0.05, 0) is 30.9 Å². The second kappa shape index (κ2) is 7.04. The summed E-state index contributed by atoms with van der Waals surface area (Å²) in [6.45, 7) is 3.06. The molecule has 0 saturated heterocycles. The van der Waals surface area contributed by atoms with Crippen LogP contribution in [0.1, 0.15) is 22.2 Å². The highest BCUT2D eigenvalue weighted by Crippen LogP contribution is 2.30. The summed E-state index contributed by atoms with van der Waals surface area (Å²) in [4.78, 5) is 35.0. The Bertz CT molecular complexity index is 722. The molecular weight excluding hydrogens is 306 g/mol. The number of carbonyl (C=O) groups excluding carboxylic acids is 3. The van der Waals surface area contributed by atoms with Gasteiger partial charge in [0.2, 0.25) is 0 Å². The number of alkyl carbamates (subject to hydrolysis) is 1. The molecule has 0 radical (unpaired) electrons. The van der Waals surface area contributed by atoms with E-state index < -0.39 is 24.6 Å². The number of benzene rings is 1. The van der Waals surface area contributed by atoms with E-state index in [0.29, 0.717) is 4.88 Å². The molecule has 1 N–H and O–H groups in total. The van der Waals surface area contributed by atoms with Crippen LogP contribution in [0.5, 0.6) is 0 Å². The molecule has 7 heteroatoms. The van der Waals surface area contributed by atoms with Gasteiger partial charge in [0.05, 0.1) is 6.61 Å². The third-order valence-corrected chi connectivity index (χ3v) is 4.13. The van der Waals surface area contributed by atoms with Gasteiger partial charge in [0, 0.05) is 4.70 Å². The van der Waals surface area contributed by atoms with Crippen molar-refractivity contribution in [1.29, 1.82) is 0 Å². The van der Waals surface area contributed by atoms with Gasteiger partial charge < -0.3 is 9.47 Å². The van der Waals surface area contributed by atoms with Gasteiger partial charge in [-0.3, -0.25) is 10.1 Å². The Kier molecular flexibility index (Phi) is 5.11. The summed E-state index contributed by atoms with van der Waals surface area (Å²) in [5.74, 6) is -1.32. The monoisotopic (exact) mass is 321 g/mol. The predicted molar refractivity (Wildman–Crippen MR) is 82.0 cm³/mol. The fourth-order valence-electron chi connectivity index (χ4n) is 1.88. The third kappa shape index (κ3) is 3.62. The zero-order chi connectivity index (χ0) is 16.1. The van der Waals surface area contributed by atoms with Crippen LogP contribution >= 0.6 is 11.3 Å². The molecular formula is C15H15NO5S. The van der Waals surface area contributed by atoms with Crippen LogP contribution in [0.2, 0.25) is 0 Å². The molecule has 0 aliphatic carbocycles. The van der Waals surface area contributed by atoms with E-state index >= 15 is 0 Å². The number of nitrogens with one attached hydrogen (secondary N) is 1. The zero-order valence-electron chi connectivity index (χ0n) is 12.2. The van der Waals surface area contributed by atoms with E-state index in [4.69, 9.17) is 4.74 Å². The Morgan fingerprint density at radius 3 is 2.59 bits per heavy atom. The SMILES string of the molecule is CCOC(=O)NC(=O)COC(=O)c1sc2ccccc2c1C. The molecule has 0 aliphatic rings. The lowest BCUT2D eigenvalue weighted by Gasteiger charge is -2.05. The first-order valence-corrected chi connectivity index (χ1v) is 7.46. The van der Waals surface area contributed by atoms with Crippen molar-refractivity contribution < 1.29 is 23.9 Å². The molecule has 0 atom stereocenters. The summed E-state index contributed by atoms with van der Waals surface area (Å²) in [6, 6.07) is 7.62. The summed E-state index contributed by atoms with van der Waals surface area (Å²) in [5, 5.41) is 2.94. The minimum absolute atomic E-state index is 0.153. The predicted octanol–water partition coefficient (Wildman–Crippen LogP) is 2.64. The number of esters is 1. The molecule has 2 rings (SSSR count). The average molecular weight is 321 g/mol. The van der Waals surface area contributed by atoms with Crippen LogP contribution in [0, 0.1) is 6.92 Å². The molecule has 0 bridgehead atoms. The molecule has 6 nitrogen and oxygen atoms in total. The van der Waals surface area contributed by atoms with E-state index in [2.05, 4.69) is 4.74 Å². The average Bonchev–Trinajstić information content (AvgIpc) is 2.83. The normalized spacial score (nSPS) is 10.3. The molecule has 0 fully saturated rings. The molecule has 2 amide bonds. The van der Waals surface area contributed by atoms with E-state index in [9.17, 15) is 14.4 Å². The van der Waals surface area contributed by atoms with Crippen molar-refractivity contribution in [1.82, 2.24) is 5.32 Å². The summed E-state index contributed by atoms with van der Waals surface area (Å²) in [6.07, 6.45) is -0.860. The molecule has 1 heterocycles. The maximum Gasteiger partial charge on any atom is 0.413 e. The van der Waals surface area contributed by atoms with Crippen molar-refractivity contribution in [3.05, 3.63) is 34.7 Å². The first-order chi connectivity index (χ1) is 10.5. The fraction of sp³-hybridized carbons (Fsp3) is 0.267. The smallest absolute Gasteiger partial charge is 0.413 e. The topological polar surface area (TPSA) is 81.7 Å². The molecule has 2 aromatic rings. The van der Waals surface area contributed by atoms with Gasteiger partial charge in [0.15, 0.2) is 6.61 Å². The van der Waals surface area contributed by atoms with Crippen molar-refractivity contribution >= 4 is 39.4 Å². The maximum absolute atomic E-state index is 12.0. The summed E-state index contributed by atoms with van der Waals surface area (Å²) < 4.78 is 10.5. The minimum Gasteiger partial charge on any atom is -0.451 e. The van der Waals surface area contributed by atoms with Gasteiger partial charge in [-0.1, -0.05) is 18.2 Å². The molecule has 116 valence electrons. The van der Waals surface area contributed by atoms with Crippen molar-refractivity contribution in [3.63, 3.8) is 0 Å². The third-order valence-electron chi connectivity index (χ3n) is 2.88. The number of imide groups is 1. The highest BCUT2D eigenvalue weighted by Gasteiger charge is 2.18. The lowest BCUT2D eigenvalue weighted by molar-refractivity contribution is -0.123. The second-order valence-electron chi connectivity index (χ2n) is 4.40. The number of ether oxygens (including phenoxy) is 2. The fourth-order valence-corrected chi connectivity index (χ4v) is 2.99. The van der Waals surface area contributed by atoms with Crippen LogP contribution in [0.25, 0.3) is 10.1 Å². The number of fused-ring (bicyclic) bond motifs is 1. The Morgan fingerprint density at radius 1 is 1.18 bits per heavy atom. The van der Waals surface area contributed by atoms with Gasteiger partial charge in [0.25, 0.3) is 5.91 Å². The number of amides is 2. The Morgan fingerprint density at radius 2 is 1.91 bits per heavy atom. The van der Waals surface area contributed by atoms with Gasteiger partial charge in [-0.25, -0.2) is 9.59 Å². The Balaban J connectivity index is 1.98. The van der Waals surface area contributed by atoms with E-state index in [1.807, 2.05) is 36.5 Å². The van der Waals surface area contributed by atoms with Crippen LogP contribution in [0.15, 0.2) is 24.3 Å². The van der Waals surface area contributed by atoms with Crippen LogP contribution in [0.3, 0.4) is 0 Å². The molecule has 0 unspecified atom stereocenters. The minimum atomic E-state index is -0.860. The van der Waals surface area contributed by atoms with Crippen LogP contribution in [0.4, 0.5) is 4.79 Å². The molecule has 22 heavy (non-hydrogen) atoms. The number of rotatable bonds is 4. The van der Waals surface area contributed by atoms with E-state index in [0.717, 1.165) is 15.6 Å². The second-order valence-corrected chi connectivity index (χ2v) is 5.45. The van der Waals surface area contributed by atoms with E-state index in [-0.39, 0.29) is 6.61 Å². The van der Waals surface area contributed by atoms with Crippen LogP contribution in [-0.4, -0.2) is 31.2 Å². The molecule has 0 spiro atoms. The summed E-state index contributed by atoms with van der Waals surface area (Å²) in [7, 11) is 0. The maximum atomic E-state index is 12.0. The van der Waals surface area contributed by atoms with E-state index in [1.54, 1.807) is 6.92 Å². The molecule has 0 saturated carbocycles. The van der Waals surface area contributed by atoms with Crippen LogP contribution < -0.4 is 5.32 Å². The van der Waals surface area contributed by atoms with Gasteiger partial charge in [-0.15, -0.1) is 11.3 Å². The molecule has 0 aliphatic heterocycles. The number of hydrogen-bond acceptors (Lipinski definition) is 6. The first kappa shape index (κ1) is 16.0.